The lowest BCUT2D eigenvalue weighted by atomic mass is 9.97. The van der Waals surface area contributed by atoms with Gasteiger partial charge >= 0.3 is 5.97 Å². The number of carbonyl (C=O) groups is 2. The van der Waals surface area contributed by atoms with Crippen LogP contribution in [0.15, 0.2) is 18.2 Å². The molecule has 2 rings (SSSR count). The Morgan fingerprint density at radius 3 is 2.60 bits per heavy atom. The Morgan fingerprint density at radius 2 is 1.95 bits per heavy atom. The lowest BCUT2D eigenvalue weighted by molar-refractivity contribution is -0.137. The monoisotopic (exact) mass is 275 g/mol. The molecular formula is C16H21NO3. The average molecular weight is 275 g/mol. The molecule has 1 aromatic carbocycles. The number of carboxylic acid groups (broad SMARTS) is 1. The van der Waals surface area contributed by atoms with E-state index in [0.29, 0.717) is 5.56 Å². The highest BCUT2D eigenvalue weighted by Gasteiger charge is 2.24. The molecule has 4 heteroatoms. The predicted molar refractivity (Wildman–Crippen MR) is 77.1 cm³/mol. The van der Waals surface area contributed by atoms with Gasteiger partial charge in [-0.1, -0.05) is 26.0 Å². The van der Waals surface area contributed by atoms with Crippen LogP contribution in [0.4, 0.5) is 0 Å². The van der Waals surface area contributed by atoms with Gasteiger partial charge in [-0.15, -0.1) is 0 Å². The predicted octanol–water partition coefficient (Wildman–Crippen LogP) is 2.20. The second-order valence-corrected chi connectivity index (χ2v) is 5.67. The molecule has 1 unspecified atom stereocenters. The smallest absolute Gasteiger partial charge is 0.305 e. The molecule has 0 saturated heterocycles. The molecule has 0 heterocycles. The highest BCUT2D eigenvalue weighted by atomic mass is 16.4. The van der Waals surface area contributed by atoms with E-state index in [1.807, 2.05) is 32.0 Å². The highest BCUT2D eigenvalue weighted by molar-refractivity contribution is 6.02. The summed E-state index contributed by atoms with van der Waals surface area (Å²) in [5.41, 5.74) is 3.16. The number of hydrogen-bond acceptors (Lipinski definition) is 3. The first-order chi connectivity index (χ1) is 9.47. The Morgan fingerprint density at radius 1 is 1.25 bits per heavy atom. The van der Waals surface area contributed by atoms with Gasteiger partial charge < -0.3 is 10.4 Å². The molecule has 1 aromatic rings. The van der Waals surface area contributed by atoms with E-state index >= 15 is 0 Å². The van der Waals surface area contributed by atoms with E-state index < -0.39 is 12.0 Å². The normalized spacial score (nSPS) is 15.2. The van der Waals surface area contributed by atoms with Crippen molar-refractivity contribution in [2.24, 2.45) is 0 Å². The Labute approximate surface area is 119 Å². The third-order valence-electron chi connectivity index (χ3n) is 3.61. The first-order valence-corrected chi connectivity index (χ1v) is 7.11. The summed E-state index contributed by atoms with van der Waals surface area (Å²) in [6.07, 6.45) is 3.04. The van der Waals surface area contributed by atoms with Crippen LogP contribution < -0.4 is 5.32 Å². The minimum atomic E-state index is -0.960. The molecule has 0 fully saturated rings. The molecule has 0 aliphatic heterocycles. The average Bonchev–Trinajstić information content (AvgIpc) is 2.83. The number of nitrogens with one attached hydrogen (secondary N) is 1. The summed E-state index contributed by atoms with van der Waals surface area (Å²) >= 11 is 0. The van der Waals surface area contributed by atoms with Gasteiger partial charge in [0.1, 0.15) is 0 Å². The molecule has 0 aromatic heterocycles. The number of hydrogen-bond donors (Lipinski definition) is 2. The molecule has 1 aliphatic carbocycles. The number of benzene rings is 1. The summed E-state index contributed by atoms with van der Waals surface area (Å²) in [5.74, 6) is -1.09. The van der Waals surface area contributed by atoms with Gasteiger partial charge in [0.15, 0.2) is 5.78 Å². The van der Waals surface area contributed by atoms with E-state index in [2.05, 4.69) is 5.32 Å². The zero-order chi connectivity index (χ0) is 14.7. The third kappa shape index (κ3) is 3.45. The number of carboxylic acids is 1. The summed E-state index contributed by atoms with van der Waals surface area (Å²) < 4.78 is 0. The number of aliphatic carboxylic acids is 1. The Kier molecular flexibility index (Phi) is 4.55. The summed E-state index contributed by atoms with van der Waals surface area (Å²) in [4.78, 5) is 23.4. The van der Waals surface area contributed by atoms with Gasteiger partial charge in [0.2, 0.25) is 0 Å². The number of rotatable bonds is 6. The van der Waals surface area contributed by atoms with Gasteiger partial charge in [0, 0.05) is 11.6 Å². The minimum Gasteiger partial charge on any atom is -0.481 e. The first kappa shape index (κ1) is 14.7. The van der Waals surface area contributed by atoms with E-state index in [0.717, 1.165) is 19.3 Å². The van der Waals surface area contributed by atoms with Crippen LogP contribution in [0.1, 0.15) is 48.2 Å². The SMILES string of the molecule is CC(C)NC(CC(=O)O)C(=O)c1ccc2c(c1)CCC2. The van der Waals surface area contributed by atoms with Crippen LogP contribution in [0.25, 0.3) is 0 Å². The fraction of sp³-hybridized carbons (Fsp3) is 0.500. The number of carbonyl (C=O) groups excluding carboxylic acids is 1. The van der Waals surface area contributed by atoms with E-state index in [1.165, 1.54) is 11.1 Å². The van der Waals surface area contributed by atoms with Crippen molar-refractivity contribution in [3.05, 3.63) is 34.9 Å². The van der Waals surface area contributed by atoms with E-state index in [4.69, 9.17) is 5.11 Å². The number of fused-ring (bicyclic) bond motifs is 1. The molecule has 0 saturated carbocycles. The number of aryl methyl sites for hydroxylation is 2. The molecule has 1 atom stereocenters. The molecule has 1 aliphatic rings. The molecule has 0 spiro atoms. The summed E-state index contributed by atoms with van der Waals surface area (Å²) in [5, 5.41) is 12.0. The standard InChI is InChI=1S/C16H21NO3/c1-10(2)17-14(9-15(18)19)16(20)13-7-6-11-4-3-5-12(11)8-13/h6-8,10,14,17H,3-5,9H2,1-2H3,(H,18,19). The Bertz CT molecular complexity index is 522. The van der Waals surface area contributed by atoms with Gasteiger partial charge in [-0.25, -0.2) is 0 Å². The van der Waals surface area contributed by atoms with Gasteiger partial charge in [-0.3, -0.25) is 9.59 Å². The van der Waals surface area contributed by atoms with Crippen LogP contribution >= 0.6 is 0 Å². The zero-order valence-corrected chi connectivity index (χ0v) is 12.0. The maximum atomic E-state index is 12.5. The minimum absolute atomic E-state index is 0.0673. The molecule has 4 nitrogen and oxygen atoms in total. The topological polar surface area (TPSA) is 66.4 Å². The van der Waals surface area contributed by atoms with Crippen molar-refractivity contribution in [2.75, 3.05) is 0 Å². The Hall–Kier alpha value is -1.68. The van der Waals surface area contributed by atoms with Crippen LogP contribution in [0.3, 0.4) is 0 Å². The van der Waals surface area contributed by atoms with E-state index in [1.54, 1.807) is 0 Å². The van der Waals surface area contributed by atoms with Gasteiger partial charge in [-0.05, 0) is 36.5 Å². The molecule has 20 heavy (non-hydrogen) atoms. The highest BCUT2D eigenvalue weighted by Crippen LogP contribution is 2.23. The summed E-state index contributed by atoms with van der Waals surface area (Å²) in [7, 11) is 0. The third-order valence-corrected chi connectivity index (χ3v) is 3.61. The van der Waals surface area contributed by atoms with Crippen molar-refractivity contribution in [3.8, 4) is 0 Å². The molecule has 0 amide bonds. The van der Waals surface area contributed by atoms with Crippen molar-refractivity contribution in [1.29, 1.82) is 0 Å². The second kappa shape index (κ2) is 6.18. The molecule has 0 radical (unpaired) electrons. The summed E-state index contributed by atoms with van der Waals surface area (Å²) in [6, 6.07) is 5.16. The number of Topliss-reactive ketones (excluding diaryl/α,β-unsaturated/α-hetero) is 1. The number of ketones is 1. The first-order valence-electron chi connectivity index (χ1n) is 7.11. The van der Waals surface area contributed by atoms with Crippen molar-refractivity contribution in [2.45, 2.75) is 51.6 Å². The van der Waals surface area contributed by atoms with E-state index in [-0.39, 0.29) is 18.2 Å². The maximum absolute atomic E-state index is 12.5. The Balaban J connectivity index is 2.20. The van der Waals surface area contributed by atoms with Crippen LogP contribution in [-0.2, 0) is 17.6 Å². The van der Waals surface area contributed by atoms with Crippen LogP contribution in [0.5, 0.6) is 0 Å². The molecular weight excluding hydrogens is 254 g/mol. The van der Waals surface area contributed by atoms with Crippen LogP contribution in [0, 0.1) is 0 Å². The van der Waals surface area contributed by atoms with Crippen molar-refractivity contribution in [1.82, 2.24) is 5.32 Å². The van der Waals surface area contributed by atoms with Gasteiger partial charge in [-0.2, -0.15) is 0 Å². The maximum Gasteiger partial charge on any atom is 0.305 e. The van der Waals surface area contributed by atoms with Crippen molar-refractivity contribution >= 4 is 11.8 Å². The second-order valence-electron chi connectivity index (χ2n) is 5.67. The largest absolute Gasteiger partial charge is 0.481 e. The molecule has 108 valence electrons. The quantitative estimate of drug-likeness (QED) is 0.781. The lowest BCUT2D eigenvalue weighted by Gasteiger charge is -2.19. The van der Waals surface area contributed by atoms with E-state index in [9.17, 15) is 9.59 Å². The van der Waals surface area contributed by atoms with Gasteiger partial charge in [0.05, 0.1) is 12.5 Å². The molecule has 2 N–H and O–H groups in total. The van der Waals surface area contributed by atoms with Gasteiger partial charge in [0.25, 0.3) is 0 Å². The van der Waals surface area contributed by atoms with Crippen molar-refractivity contribution < 1.29 is 14.7 Å². The lowest BCUT2D eigenvalue weighted by Crippen LogP contribution is -2.42. The summed E-state index contributed by atoms with van der Waals surface area (Å²) in [6.45, 7) is 3.82. The molecule has 0 bridgehead atoms. The van der Waals surface area contributed by atoms with Crippen LogP contribution in [-0.4, -0.2) is 28.9 Å². The fourth-order valence-corrected chi connectivity index (χ4v) is 2.73. The van der Waals surface area contributed by atoms with Crippen LogP contribution in [0.2, 0.25) is 0 Å². The van der Waals surface area contributed by atoms with Crippen molar-refractivity contribution in [3.63, 3.8) is 0 Å². The fourth-order valence-electron chi connectivity index (χ4n) is 2.73. The zero-order valence-electron chi connectivity index (χ0n) is 12.0.